The number of urea groups is 1. The Bertz CT molecular complexity index is 572. The van der Waals surface area contributed by atoms with Crippen molar-refractivity contribution < 1.29 is 18.7 Å². The summed E-state index contributed by atoms with van der Waals surface area (Å²) in [6.45, 7) is 4.06. The lowest BCUT2D eigenvalue weighted by molar-refractivity contribution is -0.143. The van der Waals surface area contributed by atoms with Crippen molar-refractivity contribution in [1.82, 2.24) is 10.2 Å². The zero-order valence-corrected chi connectivity index (χ0v) is 14.8. The van der Waals surface area contributed by atoms with Crippen molar-refractivity contribution in [3.63, 3.8) is 0 Å². The highest BCUT2D eigenvalue weighted by molar-refractivity contribution is 5.74. The fourth-order valence-corrected chi connectivity index (χ4v) is 3.11. The normalized spacial score (nSPS) is 15.0. The SMILES string of the molecule is CCOC(=O)CCCNC(=O)N1CCC(Cc2cccc(F)c2)CC1. The molecule has 1 N–H and O–H groups in total. The van der Waals surface area contributed by atoms with E-state index in [1.165, 1.54) is 6.07 Å². The van der Waals surface area contributed by atoms with Gasteiger partial charge in [-0.3, -0.25) is 4.79 Å². The number of amides is 2. The molecule has 2 amide bonds. The van der Waals surface area contributed by atoms with Gasteiger partial charge < -0.3 is 15.0 Å². The van der Waals surface area contributed by atoms with Gasteiger partial charge in [0.2, 0.25) is 0 Å². The van der Waals surface area contributed by atoms with E-state index in [-0.39, 0.29) is 17.8 Å². The first-order valence-electron chi connectivity index (χ1n) is 9.01. The summed E-state index contributed by atoms with van der Waals surface area (Å²) in [6, 6.07) is 6.66. The van der Waals surface area contributed by atoms with Gasteiger partial charge in [0, 0.05) is 26.1 Å². The fraction of sp³-hybridized carbons (Fsp3) is 0.579. The predicted molar refractivity (Wildman–Crippen MR) is 93.7 cm³/mol. The van der Waals surface area contributed by atoms with E-state index in [1.54, 1.807) is 19.1 Å². The van der Waals surface area contributed by atoms with Crippen molar-refractivity contribution in [1.29, 1.82) is 0 Å². The van der Waals surface area contributed by atoms with Gasteiger partial charge in [-0.05, 0) is 56.2 Å². The lowest BCUT2D eigenvalue weighted by Crippen LogP contribution is -2.45. The molecule has 138 valence electrons. The first-order chi connectivity index (χ1) is 12.1. The number of hydrogen-bond acceptors (Lipinski definition) is 3. The predicted octanol–water partition coefficient (Wildman–Crippen LogP) is 3.13. The Morgan fingerprint density at radius 3 is 2.76 bits per heavy atom. The Balaban J connectivity index is 1.64. The average Bonchev–Trinajstić information content (AvgIpc) is 2.59. The first kappa shape index (κ1) is 19.2. The number of nitrogens with one attached hydrogen (secondary N) is 1. The van der Waals surface area contributed by atoms with Crippen LogP contribution in [0.3, 0.4) is 0 Å². The molecule has 0 atom stereocenters. The number of halogens is 1. The van der Waals surface area contributed by atoms with E-state index in [4.69, 9.17) is 4.74 Å². The zero-order valence-electron chi connectivity index (χ0n) is 14.8. The van der Waals surface area contributed by atoms with Gasteiger partial charge in [0.25, 0.3) is 0 Å². The molecule has 0 unspecified atom stereocenters. The Labute approximate surface area is 148 Å². The fourth-order valence-electron chi connectivity index (χ4n) is 3.11. The summed E-state index contributed by atoms with van der Waals surface area (Å²) in [6.07, 6.45) is 3.61. The van der Waals surface area contributed by atoms with Crippen molar-refractivity contribution in [2.75, 3.05) is 26.2 Å². The number of nitrogens with zero attached hydrogens (tertiary/aromatic N) is 1. The maximum Gasteiger partial charge on any atom is 0.317 e. The quantitative estimate of drug-likeness (QED) is 0.607. The van der Waals surface area contributed by atoms with E-state index in [2.05, 4.69) is 5.32 Å². The lowest BCUT2D eigenvalue weighted by Gasteiger charge is -2.32. The third-order valence-electron chi connectivity index (χ3n) is 4.45. The van der Waals surface area contributed by atoms with Crippen LogP contribution in [0.15, 0.2) is 24.3 Å². The van der Waals surface area contributed by atoms with Crippen LogP contribution in [-0.4, -0.2) is 43.1 Å². The maximum absolute atomic E-state index is 13.2. The van der Waals surface area contributed by atoms with Crippen LogP contribution in [0.4, 0.5) is 9.18 Å². The van der Waals surface area contributed by atoms with Gasteiger partial charge >= 0.3 is 12.0 Å². The van der Waals surface area contributed by atoms with Crippen LogP contribution in [0, 0.1) is 11.7 Å². The number of rotatable bonds is 7. The summed E-state index contributed by atoms with van der Waals surface area (Å²) in [5.74, 6) is 0.0571. The number of carbonyl (C=O) groups is 2. The largest absolute Gasteiger partial charge is 0.466 e. The van der Waals surface area contributed by atoms with E-state index in [9.17, 15) is 14.0 Å². The minimum Gasteiger partial charge on any atom is -0.466 e. The van der Waals surface area contributed by atoms with Crippen LogP contribution in [0.5, 0.6) is 0 Å². The van der Waals surface area contributed by atoms with Crippen molar-refractivity contribution in [3.05, 3.63) is 35.6 Å². The van der Waals surface area contributed by atoms with E-state index in [0.717, 1.165) is 24.8 Å². The second-order valence-electron chi connectivity index (χ2n) is 6.40. The topological polar surface area (TPSA) is 58.6 Å². The van der Waals surface area contributed by atoms with Crippen LogP contribution < -0.4 is 5.32 Å². The minimum absolute atomic E-state index is 0.0759. The molecule has 1 aromatic rings. The smallest absolute Gasteiger partial charge is 0.317 e. The molecule has 0 radical (unpaired) electrons. The zero-order chi connectivity index (χ0) is 18.1. The van der Waals surface area contributed by atoms with E-state index >= 15 is 0 Å². The summed E-state index contributed by atoms with van der Waals surface area (Å²) in [5, 5.41) is 2.85. The molecule has 0 spiro atoms. The molecule has 1 saturated heterocycles. The highest BCUT2D eigenvalue weighted by Gasteiger charge is 2.22. The number of carbonyl (C=O) groups excluding carboxylic acids is 2. The molecule has 5 nitrogen and oxygen atoms in total. The maximum atomic E-state index is 13.2. The highest BCUT2D eigenvalue weighted by Crippen LogP contribution is 2.22. The third-order valence-corrected chi connectivity index (χ3v) is 4.45. The molecule has 0 aliphatic carbocycles. The number of ether oxygens (including phenoxy) is 1. The lowest BCUT2D eigenvalue weighted by atomic mass is 9.90. The van der Waals surface area contributed by atoms with Crippen LogP contribution >= 0.6 is 0 Å². The van der Waals surface area contributed by atoms with E-state index < -0.39 is 0 Å². The molecule has 1 aliphatic rings. The third kappa shape index (κ3) is 6.72. The molecule has 0 saturated carbocycles. The second-order valence-corrected chi connectivity index (χ2v) is 6.40. The first-order valence-corrected chi connectivity index (χ1v) is 9.01. The monoisotopic (exact) mass is 350 g/mol. The standard InChI is InChI=1S/C19H27FN2O3/c1-2-25-18(23)7-4-10-21-19(24)22-11-8-15(9-12-22)13-16-5-3-6-17(20)14-16/h3,5-6,14-15H,2,4,7-13H2,1H3,(H,21,24). The Morgan fingerprint density at radius 2 is 2.08 bits per heavy atom. The van der Waals surface area contributed by atoms with Crippen LogP contribution in [-0.2, 0) is 16.0 Å². The summed E-state index contributed by atoms with van der Waals surface area (Å²) >= 11 is 0. The van der Waals surface area contributed by atoms with Crippen molar-refractivity contribution in [3.8, 4) is 0 Å². The molecular weight excluding hydrogens is 323 g/mol. The molecule has 1 aliphatic heterocycles. The number of piperidine rings is 1. The number of hydrogen-bond donors (Lipinski definition) is 1. The molecule has 1 fully saturated rings. The van der Waals surface area contributed by atoms with Crippen molar-refractivity contribution in [2.24, 2.45) is 5.92 Å². The van der Waals surface area contributed by atoms with E-state index in [1.807, 2.05) is 11.0 Å². The molecule has 25 heavy (non-hydrogen) atoms. The molecule has 2 rings (SSSR count). The summed E-state index contributed by atoms with van der Waals surface area (Å²) in [7, 11) is 0. The van der Waals surface area contributed by atoms with Crippen molar-refractivity contribution >= 4 is 12.0 Å². The molecular formula is C19H27FN2O3. The van der Waals surface area contributed by atoms with Crippen LogP contribution in [0.2, 0.25) is 0 Å². The molecule has 0 aromatic heterocycles. The molecule has 1 heterocycles. The van der Waals surface area contributed by atoms with Gasteiger partial charge in [-0.2, -0.15) is 0 Å². The minimum atomic E-state index is -0.227. The number of likely N-dealkylation sites (tertiary alicyclic amines) is 1. The van der Waals surface area contributed by atoms with Gasteiger partial charge in [-0.1, -0.05) is 12.1 Å². The summed E-state index contributed by atoms with van der Waals surface area (Å²) in [5.41, 5.74) is 1.02. The Morgan fingerprint density at radius 1 is 1.32 bits per heavy atom. The van der Waals surface area contributed by atoms with Crippen molar-refractivity contribution in [2.45, 2.75) is 39.0 Å². The van der Waals surface area contributed by atoms with Crippen LogP contribution in [0.25, 0.3) is 0 Å². The van der Waals surface area contributed by atoms with Gasteiger partial charge in [-0.15, -0.1) is 0 Å². The molecule has 6 heteroatoms. The second kappa shape index (κ2) is 10.0. The van der Waals surface area contributed by atoms with Crippen LogP contribution in [0.1, 0.15) is 38.2 Å². The molecule has 1 aromatic carbocycles. The number of esters is 1. The summed E-state index contributed by atoms with van der Waals surface area (Å²) in [4.78, 5) is 25.2. The van der Waals surface area contributed by atoms with Gasteiger partial charge in [0.15, 0.2) is 0 Å². The Kier molecular flexibility index (Phi) is 7.70. The number of benzene rings is 1. The van der Waals surface area contributed by atoms with Gasteiger partial charge in [-0.25, -0.2) is 9.18 Å². The van der Waals surface area contributed by atoms with Gasteiger partial charge in [0.05, 0.1) is 6.61 Å². The molecule has 0 bridgehead atoms. The van der Waals surface area contributed by atoms with E-state index in [0.29, 0.717) is 45.0 Å². The van der Waals surface area contributed by atoms with Gasteiger partial charge in [0.1, 0.15) is 5.82 Å². The summed E-state index contributed by atoms with van der Waals surface area (Å²) < 4.78 is 18.1. The Hall–Kier alpha value is -2.11. The highest BCUT2D eigenvalue weighted by atomic mass is 19.1. The average molecular weight is 350 g/mol.